The average Bonchev–Trinajstić information content (AvgIpc) is 2.29. The van der Waals surface area contributed by atoms with Gasteiger partial charge in [0.25, 0.3) is 0 Å². The zero-order valence-corrected chi connectivity index (χ0v) is 9.18. The summed E-state index contributed by atoms with van der Waals surface area (Å²) in [5.74, 6) is -0.137. The highest BCUT2D eigenvalue weighted by Gasteiger charge is 2.11. The Hall–Kier alpha value is -2.49. The second-order valence-electron chi connectivity index (χ2n) is 3.80. The molecule has 0 radical (unpaired) electrons. The van der Waals surface area contributed by atoms with Crippen LogP contribution in [0.25, 0.3) is 0 Å². The highest BCUT2D eigenvalue weighted by Crippen LogP contribution is 2.19. The fourth-order valence-corrected chi connectivity index (χ4v) is 1.58. The molecule has 0 fully saturated rings. The number of hydrogen-bond acceptors (Lipinski definition) is 4. The van der Waals surface area contributed by atoms with Crippen molar-refractivity contribution in [3.63, 3.8) is 0 Å². The van der Waals surface area contributed by atoms with E-state index in [9.17, 15) is 4.79 Å². The van der Waals surface area contributed by atoms with Gasteiger partial charge in [-0.15, -0.1) is 0 Å². The second-order valence-corrected chi connectivity index (χ2v) is 3.80. The molecule has 0 atom stereocenters. The van der Waals surface area contributed by atoms with Crippen LogP contribution in [0, 0.1) is 0 Å². The third-order valence-corrected chi connectivity index (χ3v) is 2.49. The number of hydrogen-bond donors (Lipinski definition) is 3. The largest absolute Gasteiger partial charge is 0.399 e. The van der Waals surface area contributed by atoms with Crippen LogP contribution in [0.15, 0.2) is 42.5 Å². The van der Waals surface area contributed by atoms with Gasteiger partial charge in [-0.25, -0.2) is 0 Å². The lowest BCUT2D eigenvalue weighted by Gasteiger charge is -2.06. The summed E-state index contributed by atoms with van der Waals surface area (Å²) in [6.07, 6.45) is 0. The molecular weight excluding hydrogens is 214 g/mol. The summed E-state index contributed by atoms with van der Waals surface area (Å²) < 4.78 is 0. The molecule has 0 aliphatic heterocycles. The second kappa shape index (κ2) is 4.17. The van der Waals surface area contributed by atoms with Crippen LogP contribution < -0.4 is 17.2 Å². The van der Waals surface area contributed by atoms with E-state index in [1.165, 1.54) is 0 Å². The van der Waals surface area contributed by atoms with E-state index in [1.807, 2.05) is 0 Å². The third-order valence-electron chi connectivity index (χ3n) is 2.49. The van der Waals surface area contributed by atoms with E-state index in [0.29, 0.717) is 28.2 Å². The number of nitrogen functional groups attached to an aromatic ring is 3. The van der Waals surface area contributed by atoms with Crippen molar-refractivity contribution in [1.29, 1.82) is 0 Å². The smallest absolute Gasteiger partial charge is 0.195 e. The maximum absolute atomic E-state index is 12.1. The van der Waals surface area contributed by atoms with Gasteiger partial charge >= 0.3 is 0 Å². The summed E-state index contributed by atoms with van der Waals surface area (Å²) in [6.45, 7) is 0. The summed E-state index contributed by atoms with van der Waals surface area (Å²) in [4.78, 5) is 12.1. The topological polar surface area (TPSA) is 95.1 Å². The van der Waals surface area contributed by atoms with Crippen molar-refractivity contribution >= 4 is 22.8 Å². The zero-order valence-electron chi connectivity index (χ0n) is 9.18. The van der Waals surface area contributed by atoms with E-state index in [0.717, 1.165) is 0 Å². The van der Waals surface area contributed by atoms with Gasteiger partial charge in [0.05, 0.1) is 0 Å². The minimum absolute atomic E-state index is 0.137. The summed E-state index contributed by atoms with van der Waals surface area (Å²) in [5.41, 5.74) is 19.4. The molecule has 0 unspecified atom stereocenters. The van der Waals surface area contributed by atoms with Crippen LogP contribution in [0.5, 0.6) is 0 Å². The van der Waals surface area contributed by atoms with Crippen LogP contribution in [0.4, 0.5) is 17.1 Å². The van der Waals surface area contributed by atoms with Gasteiger partial charge in [0.1, 0.15) is 0 Å². The van der Waals surface area contributed by atoms with Gasteiger partial charge in [-0.1, -0.05) is 0 Å². The quantitative estimate of drug-likeness (QED) is 0.537. The lowest BCUT2D eigenvalue weighted by Crippen LogP contribution is -2.06. The Morgan fingerprint density at radius 1 is 0.824 bits per heavy atom. The summed E-state index contributed by atoms with van der Waals surface area (Å²) in [7, 11) is 0. The molecule has 0 heterocycles. The summed E-state index contributed by atoms with van der Waals surface area (Å²) >= 11 is 0. The van der Waals surface area contributed by atoms with Crippen LogP contribution in [0.1, 0.15) is 15.9 Å². The van der Waals surface area contributed by atoms with Gasteiger partial charge in [-0.05, 0) is 42.5 Å². The molecule has 0 spiro atoms. The zero-order chi connectivity index (χ0) is 12.4. The average molecular weight is 227 g/mol. The number of benzene rings is 2. The van der Waals surface area contributed by atoms with Crippen molar-refractivity contribution in [2.75, 3.05) is 17.2 Å². The van der Waals surface area contributed by atoms with Crippen LogP contribution in [0.2, 0.25) is 0 Å². The minimum Gasteiger partial charge on any atom is -0.399 e. The van der Waals surface area contributed by atoms with Gasteiger partial charge in [0, 0.05) is 28.2 Å². The van der Waals surface area contributed by atoms with E-state index in [1.54, 1.807) is 42.5 Å². The predicted molar refractivity (Wildman–Crippen MR) is 69.6 cm³/mol. The molecule has 4 nitrogen and oxygen atoms in total. The standard InChI is InChI=1S/C13H13N3O/c14-9-3-1-8(2-4-9)13(17)11-6-5-10(15)7-12(11)16/h1-7H,14-16H2. The lowest BCUT2D eigenvalue weighted by molar-refractivity contribution is 0.103. The van der Waals surface area contributed by atoms with Crippen molar-refractivity contribution in [2.45, 2.75) is 0 Å². The highest BCUT2D eigenvalue weighted by molar-refractivity contribution is 6.12. The van der Waals surface area contributed by atoms with Crippen LogP contribution in [-0.4, -0.2) is 5.78 Å². The molecule has 4 heteroatoms. The van der Waals surface area contributed by atoms with Crippen molar-refractivity contribution in [3.8, 4) is 0 Å². The Morgan fingerprint density at radius 3 is 2.00 bits per heavy atom. The molecule has 0 aliphatic rings. The van der Waals surface area contributed by atoms with Crippen molar-refractivity contribution < 1.29 is 4.79 Å². The normalized spacial score (nSPS) is 10.1. The number of carbonyl (C=O) groups is 1. The van der Waals surface area contributed by atoms with Gasteiger partial charge in [-0.3, -0.25) is 4.79 Å². The minimum atomic E-state index is -0.137. The van der Waals surface area contributed by atoms with Crippen LogP contribution in [-0.2, 0) is 0 Å². The van der Waals surface area contributed by atoms with Gasteiger partial charge in [0.2, 0.25) is 0 Å². The Morgan fingerprint density at radius 2 is 1.41 bits per heavy atom. The Bertz CT molecular complexity index is 561. The Balaban J connectivity index is 2.40. The number of carbonyl (C=O) groups excluding carboxylic acids is 1. The van der Waals surface area contributed by atoms with E-state index >= 15 is 0 Å². The summed E-state index contributed by atoms with van der Waals surface area (Å²) in [5, 5.41) is 0. The molecule has 2 rings (SSSR count). The number of nitrogens with two attached hydrogens (primary N) is 3. The maximum atomic E-state index is 12.1. The molecule has 2 aromatic rings. The molecule has 0 amide bonds. The van der Waals surface area contributed by atoms with Crippen LogP contribution in [0.3, 0.4) is 0 Å². The van der Waals surface area contributed by atoms with Gasteiger partial charge < -0.3 is 17.2 Å². The monoisotopic (exact) mass is 227 g/mol. The Kier molecular flexibility index (Phi) is 2.70. The molecule has 0 saturated carbocycles. The summed E-state index contributed by atoms with van der Waals surface area (Å²) in [6, 6.07) is 11.6. The lowest BCUT2D eigenvalue weighted by atomic mass is 10.0. The first-order chi connectivity index (χ1) is 8.08. The molecule has 17 heavy (non-hydrogen) atoms. The molecule has 2 aromatic carbocycles. The molecule has 0 bridgehead atoms. The van der Waals surface area contributed by atoms with Crippen molar-refractivity contribution in [1.82, 2.24) is 0 Å². The maximum Gasteiger partial charge on any atom is 0.195 e. The molecule has 0 aromatic heterocycles. The molecule has 0 aliphatic carbocycles. The van der Waals surface area contributed by atoms with Gasteiger partial charge in [0.15, 0.2) is 5.78 Å². The Labute approximate surface area is 99.0 Å². The first-order valence-corrected chi connectivity index (χ1v) is 5.13. The number of anilines is 3. The van der Waals surface area contributed by atoms with E-state index in [2.05, 4.69) is 0 Å². The molecule has 86 valence electrons. The van der Waals surface area contributed by atoms with Crippen molar-refractivity contribution in [3.05, 3.63) is 53.6 Å². The molecule has 6 N–H and O–H groups in total. The fraction of sp³-hybridized carbons (Fsp3) is 0. The number of ketones is 1. The third kappa shape index (κ3) is 2.20. The van der Waals surface area contributed by atoms with Gasteiger partial charge in [-0.2, -0.15) is 0 Å². The SMILES string of the molecule is Nc1ccc(C(=O)c2ccc(N)cc2N)cc1. The first-order valence-electron chi connectivity index (χ1n) is 5.13. The molecule has 0 saturated heterocycles. The molecular formula is C13H13N3O. The number of rotatable bonds is 2. The predicted octanol–water partition coefficient (Wildman–Crippen LogP) is 1.66. The van der Waals surface area contributed by atoms with E-state index < -0.39 is 0 Å². The first kappa shape index (κ1) is 11.0. The highest BCUT2D eigenvalue weighted by atomic mass is 16.1. The fourth-order valence-electron chi connectivity index (χ4n) is 1.58. The van der Waals surface area contributed by atoms with Crippen molar-refractivity contribution in [2.24, 2.45) is 0 Å². The van der Waals surface area contributed by atoms with E-state index in [4.69, 9.17) is 17.2 Å². The van der Waals surface area contributed by atoms with E-state index in [-0.39, 0.29) is 5.78 Å². The van der Waals surface area contributed by atoms with Crippen LogP contribution >= 0.6 is 0 Å².